The third-order valence-corrected chi connectivity index (χ3v) is 4.22. The van der Waals surface area contributed by atoms with Gasteiger partial charge in [0.25, 0.3) is 5.56 Å². The van der Waals surface area contributed by atoms with E-state index in [2.05, 4.69) is 15.1 Å². The number of hydrogen-bond donors (Lipinski definition) is 1. The van der Waals surface area contributed by atoms with E-state index in [9.17, 15) is 13.2 Å². The number of aromatic nitrogens is 4. The Morgan fingerprint density at radius 2 is 2.00 bits per heavy atom. The fourth-order valence-electron chi connectivity index (χ4n) is 1.99. The second-order valence-electron chi connectivity index (χ2n) is 4.69. The van der Waals surface area contributed by atoms with Gasteiger partial charge in [-0.1, -0.05) is 6.07 Å². The molecule has 1 N–H and O–H groups in total. The molecule has 112 valence electrons. The molecule has 22 heavy (non-hydrogen) atoms. The van der Waals surface area contributed by atoms with Crippen LogP contribution in [-0.4, -0.2) is 34.4 Å². The van der Waals surface area contributed by atoms with Crippen LogP contribution in [-0.2, 0) is 9.84 Å². The van der Waals surface area contributed by atoms with Crippen molar-refractivity contribution in [1.82, 2.24) is 19.7 Å². The van der Waals surface area contributed by atoms with Gasteiger partial charge in [0.05, 0.1) is 10.5 Å². The van der Waals surface area contributed by atoms with Crippen molar-refractivity contribution in [3.63, 3.8) is 0 Å². The second-order valence-corrected chi connectivity index (χ2v) is 6.71. The van der Waals surface area contributed by atoms with Crippen molar-refractivity contribution >= 4 is 9.84 Å². The molecule has 0 bridgehead atoms. The van der Waals surface area contributed by atoms with E-state index < -0.39 is 9.84 Å². The normalized spacial score (nSPS) is 11.5. The Morgan fingerprint density at radius 3 is 2.59 bits per heavy atom. The summed E-state index contributed by atoms with van der Waals surface area (Å²) in [6, 6.07) is 6.41. The maximum Gasteiger partial charge on any atom is 0.280 e. The highest BCUT2D eigenvalue weighted by atomic mass is 32.2. The number of hydrogen-bond acceptors (Lipinski definition) is 5. The summed E-state index contributed by atoms with van der Waals surface area (Å²) >= 11 is 0. The van der Waals surface area contributed by atoms with Crippen molar-refractivity contribution in [2.75, 3.05) is 6.26 Å². The summed E-state index contributed by atoms with van der Waals surface area (Å²) in [7, 11) is -3.32. The van der Waals surface area contributed by atoms with Crippen LogP contribution in [0, 0.1) is 0 Å². The number of nitrogens with one attached hydrogen (secondary N) is 1. The highest BCUT2D eigenvalue weighted by Gasteiger charge is 2.12. The molecular formula is C14H12N4O3S. The van der Waals surface area contributed by atoms with Gasteiger partial charge in [0.15, 0.2) is 15.7 Å². The zero-order chi connectivity index (χ0) is 15.7. The molecule has 0 aliphatic carbocycles. The molecule has 0 aliphatic heterocycles. The molecule has 3 aromatic heterocycles. The average molecular weight is 316 g/mol. The van der Waals surface area contributed by atoms with Crippen LogP contribution in [0.25, 0.3) is 16.9 Å². The molecule has 0 atom stereocenters. The number of rotatable bonds is 3. The summed E-state index contributed by atoms with van der Waals surface area (Å²) in [4.78, 5) is 20.5. The average Bonchev–Trinajstić information content (AvgIpc) is 2.89. The van der Waals surface area contributed by atoms with Gasteiger partial charge in [-0.05, 0) is 18.2 Å². The van der Waals surface area contributed by atoms with Gasteiger partial charge < -0.3 is 0 Å². The molecule has 3 rings (SSSR count). The van der Waals surface area contributed by atoms with Crippen LogP contribution in [0.1, 0.15) is 0 Å². The smallest absolute Gasteiger partial charge is 0.280 e. The van der Waals surface area contributed by atoms with Crippen LogP contribution < -0.4 is 5.56 Å². The van der Waals surface area contributed by atoms with E-state index in [1.807, 2.05) is 0 Å². The van der Waals surface area contributed by atoms with Crippen molar-refractivity contribution in [3.05, 3.63) is 59.4 Å². The highest BCUT2D eigenvalue weighted by molar-refractivity contribution is 7.90. The molecule has 0 fully saturated rings. The SMILES string of the molecule is CS(=O)(=O)c1ccc(-n2[nH]cc(-c3cccnc3)c2=O)nc1. The van der Waals surface area contributed by atoms with Crippen molar-refractivity contribution < 1.29 is 8.42 Å². The zero-order valence-electron chi connectivity index (χ0n) is 11.6. The van der Waals surface area contributed by atoms with Gasteiger partial charge in [0.1, 0.15) is 0 Å². The topological polar surface area (TPSA) is 97.7 Å². The first-order valence-corrected chi connectivity index (χ1v) is 8.23. The highest BCUT2D eigenvalue weighted by Crippen LogP contribution is 2.14. The number of aromatic amines is 1. The molecule has 0 aromatic carbocycles. The fourth-order valence-corrected chi connectivity index (χ4v) is 2.55. The minimum Gasteiger partial charge on any atom is -0.296 e. The largest absolute Gasteiger partial charge is 0.296 e. The van der Waals surface area contributed by atoms with Crippen LogP contribution in [0.2, 0.25) is 0 Å². The van der Waals surface area contributed by atoms with Crippen LogP contribution in [0.4, 0.5) is 0 Å². The molecule has 0 saturated carbocycles. The minimum atomic E-state index is -3.32. The van der Waals surface area contributed by atoms with E-state index in [-0.39, 0.29) is 10.5 Å². The lowest BCUT2D eigenvalue weighted by Gasteiger charge is -2.02. The van der Waals surface area contributed by atoms with Gasteiger partial charge in [-0.15, -0.1) is 0 Å². The molecule has 0 spiro atoms. The maximum absolute atomic E-state index is 12.4. The van der Waals surface area contributed by atoms with E-state index in [0.717, 1.165) is 6.26 Å². The lowest BCUT2D eigenvalue weighted by atomic mass is 10.2. The summed E-state index contributed by atoms with van der Waals surface area (Å²) < 4.78 is 24.1. The van der Waals surface area contributed by atoms with Crippen LogP contribution in [0.5, 0.6) is 0 Å². The Hall–Kier alpha value is -2.74. The summed E-state index contributed by atoms with van der Waals surface area (Å²) in [6.45, 7) is 0. The molecule has 3 aromatic rings. The summed E-state index contributed by atoms with van der Waals surface area (Å²) in [6.07, 6.45) is 7.10. The van der Waals surface area contributed by atoms with E-state index in [4.69, 9.17) is 0 Å². The molecule has 0 saturated heterocycles. The summed E-state index contributed by atoms with van der Waals surface area (Å²) in [5, 5.41) is 2.81. The number of sulfone groups is 1. The van der Waals surface area contributed by atoms with Crippen LogP contribution in [0.15, 0.2) is 58.7 Å². The predicted molar refractivity (Wildman–Crippen MR) is 80.5 cm³/mol. The molecule has 3 heterocycles. The molecule has 0 amide bonds. The van der Waals surface area contributed by atoms with Gasteiger partial charge in [-0.2, -0.15) is 0 Å². The molecule has 0 radical (unpaired) electrons. The van der Waals surface area contributed by atoms with Crippen molar-refractivity contribution in [2.45, 2.75) is 4.90 Å². The van der Waals surface area contributed by atoms with Gasteiger partial charge in [-0.3, -0.25) is 14.9 Å². The Balaban J connectivity index is 2.04. The van der Waals surface area contributed by atoms with Gasteiger partial charge in [0.2, 0.25) is 0 Å². The first-order chi connectivity index (χ1) is 10.5. The second kappa shape index (κ2) is 5.23. The summed E-state index contributed by atoms with van der Waals surface area (Å²) in [5.41, 5.74) is 0.866. The van der Waals surface area contributed by atoms with E-state index >= 15 is 0 Å². The van der Waals surface area contributed by atoms with Crippen molar-refractivity contribution in [3.8, 4) is 16.9 Å². The quantitative estimate of drug-likeness (QED) is 0.778. The predicted octanol–water partition coefficient (Wildman–Crippen LogP) is 1.03. The molecular weight excluding hydrogens is 304 g/mol. The number of H-pyrrole nitrogens is 1. The lowest BCUT2D eigenvalue weighted by Crippen LogP contribution is -2.17. The Labute approximate surface area is 126 Å². The van der Waals surface area contributed by atoms with Crippen LogP contribution >= 0.6 is 0 Å². The minimum absolute atomic E-state index is 0.100. The molecule has 0 unspecified atom stereocenters. The summed E-state index contributed by atoms with van der Waals surface area (Å²) in [5.74, 6) is 0.313. The van der Waals surface area contributed by atoms with Crippen molar-refractivity contribution in [1.29, 1.82) is 0 Å². The van der Waals surface area contributed by atoms with E-state index in [0.29, 0.717) is 16.9 Å². The molecule has 0 aliphatic rings. The van der Waals surface area contributed by atoms with Crippen LogP contribution in [0.3, 0.4) is 0 Å². The van der Waals surface area contributed by atoms with Gasteiger partial charge >= 0.3 is 0 Å². The van der Waals surface area contributed by atoms with Gasteiger partial charge in [-0.25, -0.2) is 18.1 Å². The third-order valence-electron chi connectivity index (χ3n) is 3.12. The van der Waals surface area contributed by atoms with E-state index in [1.165, 1.54) is 23.0 Å². The zero-order valence-corrected chi connectivity index (χ0v) is 12.4. The number of nitrogens with zero attached hydrogens (tertiary/aromatic N) is 3. The number of pyridine rings is 2. The standard InChI is InChI=1S/C14H12N4O3S/c1-22(20,21)11-4-5-13(16-8-11)18-14(19)12(9-17-18)10-3-2-6-15-7-10/h2-9,17H,1H3. The molecule has 8 heteroatoms. The maximum atomic E-state index is 12.4. The Morgan fingerprint density at radius 1 is 1.18 bits per heavy atom. The Bertz CT molecular complexity index is 957. The van der Waals surface area contributed by atoms with Crippen molar-refractivity contribution in [2.24, 2.45) is 0 Å². The van der Waals surface area contributed by atoms with Gasteiger partial charge in [0, 0.05) is 36.6 Å². The monoisotopic (exact) mass is 316 g/mol. The third kappa shape index (κ3) is 2.56. The first kappa shape index (κ1) is 14.2. The molecule has 7 nitrogen and oxygen atoms in total. The first-order valence-electron chi connectivity index (χ1n) is 6.34. The fraction of sp³-hybridized carbons (Fsp3) is 0.0714. The lowest BCUT2D eigenvalue weighted by molar-refractivity contribution is 0.601. The van der Waals surface area contributed by atoms with E-state index in [1.54, 1.807) is 30.7 Å². The Kier molecular flexibility index (Phi) is 3.38.